The van der Waals surface area contributed by atoms with Crippen molar-refractivity contribution in [2.45, 2.75) is 26.3 Å². The van der Waals surface area contributed by atoms with Crippen molar-refractivity contribution in [2.75, 3.05) is 13.1 Å². The number of halogens is 2. The average Bonchev–Trinajstić information content (AvgIpc) is 2.69. The zero-order valence-electron chi connectivity index (χ0n) is 15.3. The van der Waals surface area contributed by atoms with E-state index in [0.717, 1.165) is 54.3 Å². The van der Waals surface area contributed by atoms with E-state index in [0.29, 0.717) is 5.02 Å². The van der Waals surface area contributed by atoms with Crippen LogP contribution >= 0.6 is 23.2 Å². The topological polar surface area (TPSA) is 44.7 Å². The van der Waals surface area contributed by atoms with Crippen molar-refractivity contribution in [3.8, 4) is 0 Å². The van der Waals surface area contributed by atoms with Crippen molar-refractivity contribution >= 4 is 34.8 Å². The average molecular weight is 404 g/mol. The predicted molar refractivity (Wildman–Crippen MR) is 111 cm³/mol. The smallest absolute Gasteiger partial charge is 0.243 e. The predicted octanol–water partition coefficient (Wildman–Crippen LogP) is 4.75. The normalized spacial score (nSPS) is 16.3. The number of nitrogens with one attached hydrogen (secondary N) is 1. The zero-order chi connectivity index (χ0) is 19.2. The molecule has 1 aliphatic rings. The molecule has 0 bridgehead atoms. The van der Waals surface area contributed by atoms with Gasteiger partial charge in [-0.1, -0.05) is 53.5 Å². The van der Waals surface area contributed by atoms with Crippen LogP contribution in [0.25, 0.3) is 0 Å². The number of piperidine rings is 1. The number of carbonyl (C=O) groups excluding carboxylic acids is 1. The van der Waals surface area contributed by atoms with Crippen molar-refractivity contribution in [3.05, 3.63) is 69.7 Å². The minimum absolute atomic E-state index is 0.00531. The van der Waals surface area contributed by atoms with Crippen LogP contribution in [0.2, 0.25) is 10.0 Å². The van der Waals surface area contributed by atoms with E-state index in [1.54, 1.807) is 0 Å². The van der Waals surface area contributed by atoms with Gasteiger partial charge in [-0.2, -0.15) is 5.10 Å². The van der Waals surface area contributed by atoms with Crippen LogP contribution in [0.15, 0.2) is 53.6 Å². The van der Waals surface area contributed by atoms with E-state index in [-0.39, 0.29) is 11.8 Å². The molecule has 4 nitrogen and oxygen atoms in total. The van der Waals surface area contributed by atoms with Crippen LogP contribution in [0.4, 0.5) is 0 Å². The van der Waals surface area contributed by atoms with Crippen LogP contribution in [0, 0.1) is 5.92 Å². The molecule has 1 saturated heterocycles. The van der Waals surface area contributed by atoms with Gasteiger partial charge in [0.25, 0.3) is 0 Å². The second kappa shape index (κ2) is 9.36. The Hall–Kier alpha value is -1.88. The van der Waals surface area contributed by atoms with Crippen molar-refractivity contribution in [2.24, 2.45) is 11.0 Å². The van der Waals surface area contributed by atoms with Crippen molar-refractivity contribution in [1.82, 2.24) is 10.3 Å². The fraction of sp³-hybridized carbons (Fsp3) is 0.333. The highest BCUT2D eigenvalue weighted by Crippen LogP contribution is 2.22. The third kappa shape index (κ3) is 5.55. The molecule has 2 aromatic carbocycles. The van der Waals surface area contributed by atoms with E-state index >= 15 is 0 Å². The number of benzene rings is 2. The summed E-state index contributed by atoms with van der Waals surface area (Å²) in [7, 11) is 0. The summed E-state index contributed by atoms with van der Waals surface area (Å²) in [6.45, 7) is 4.45. The molecule has 27 heavy (non-hydrogen) atoms. The van der Waals surface area contributed by atoms with Crippen molar-refractivity contribution in [3.63, 3.8) is 0 Å². The molecule has 0 atom stereocenters. The minimum atomic E-state index is -0.0132. The van der Waals surface area contributed by atoms with Gasteiger partial charge in [0.1, 0.15) is 0 Å². The van der Waals surface area contributed by atoms with Gasteiger partial charge in [-0.25, -0.2) is 5.43 Å². The molecule has 0 radical (unpaired) electrons. The molecule has 1 fully saturated rings. The first-order valence-electron chi connectivity index (χ1n) is 9.09. The molecule has 0 saturated carbocycles. The molecule has 142 valence electrons. The van der Waals surface area contributed by atoms with Gasteiger partial charge in [0.2, 0.25) is 5.91 Å². The molecule has 0 aromatic heterocycles. The first kappa shape index (κ1) is 19.9. The Kier molecular flexibility index (Phi) is 6.89. The Morgan fingerprint density at radius 2 is 1.78 bits per heavy atom. The monoisotopic (exact) mass is 403 g/mol. The van der Waals surface area contributed by atoms with Crippen molar-refractivity contribution < 1.29 is 4.79 Å². The third-order valence-corrected chi connectivity index (χ3v) is 5.53. The molecule has 1 amide bonds. The van der Waals surface area contributed by atoms with E-state index in [2.05, 4.69) is 21.5 Å². The van der Waals surface area contributed by atoms with Crippen LogP contribution in [0.1, 0.15) is 30.9 Å². The van der Waals surface area contributed by atoms with E-state index in [1.807, 2.05) is 49.4 Å². The Morgan fingerprint density at radius 3 is 2.44 bits per heavy atom. The number of amides is 1. The van der Waals surface area contributed by atoms with Gasteiger partial charge in [0.05, 0.1) is 5.71 Å². The van der Waals surface area contributed by atoms with Gasteiger partial charge in [-0.05, 0) is 62.2 Å². The lowest BCUT2D eigenvalue weighted by Crippen LogP contribution is -2.39. The zero-order valence-corrected chi connectivity index (χ0v) is 16.8. The number of likely N-dealkylation sites (tertiary alicyclic amines) is 1. The standard InChI is InChI=1S/C21H23Cl2N3O/c1-15(16-6-8-19(22)9-7-16)24-25-21(27)17-10-12-26(13-11-17)14-18-4-2-3-5-20(18)23/h2-9,17H,10-14H2,1H3,(H,25,27). The van der Waals surface area contributed by atoms with Crippen LogP contribution < -0.4 is 5.43 Å². The summed E-state index contributed by atoms with van der Waals surface area (Å²) in [5.41, 5.74) is 5.54. The van der Waals surface area contributed by atoms with Crippen LogP contribution in [0.3, 0.4) is 0 Å². The largest absolute Gasteiger partial charge is 0.299 e. The quantitative estimate of drug-likeness (QED) is 0.578. The Labute approximate surface area is 170 Å². The lowest BCUT2D eigenvalue weighted by Gasteiger charge is -2.31. The van der Waals surface area contributed by atoms with E-state index in [9.17, 15) is 4.79 Å². The van der Waals surface area contributed by atoms with Gasteiger partial charge in [0, 0.05) is 22.5 Å². The SMILES string of the molecule is CC(=NNC(=O)C1CCN(Cc2ccccc2Cl)CC1)c1ccc(Cl)cc1. The minimum Gasteiger partial charge on any atom is -0.299 e. The number of nitrogens with zero attached hydrogens (tertiary/aromatic N) is 2. The summed E-state index contributed by atoms with van der Waals surface area (Å²) in [4.78, 5) is 14.8. The fourth-order valence-electron chi connectivity index (χ4n) is 3.21. The van der Waals surface area contributed by atoms with Gasteiger partial charge in [-0.15, -0.1) is 0 Å². The molecule has 2 aromatic rings. The van der Waals surface area contributed by atoms with Gasteiger partial charge in [-0.3, -0.25) is 9.69 Å². The van der Waals surface area contributed by atoms with Gasteiger partial charge >= 0.3 is 0 Å². The first-order valence-corrected chi connectivity index (χ1v) is 9.84. The molecule has 1 aliphatic heterocycles. The fourth-order valence-corrected chi connectivity index (χ4v) is 3.53. The molecular formula is C21H23Cl2N3O. The summed E-state index contributed by atoms with van der Waals surface area (Å²) in [6.07, 6.45) is 1.65. The molecule has 1 heterocycles. The summed E-state index contributed by atoms with van der Waals surface area (Å²) < 4.78 is 0. The summed E-state index contributed by atoms with van der Waals surface area (Å²) in [5.74, 6) is -0.0185. The number of hydrogen-bond donors (Lipinski definition) is 1. The highest BCUT2D eigenvalue weighted by molar-refractivity contribution is 6.31. The summed E-state index contributed by atoms with van der Waals surface area (Å²) in [5, 5.41) is 5.72. The van der Waals surface area contributed by atoms with Gasteiger partial charge < -0.3 is 0 Å². The Morgan fingerprint density at radius 1 is 1.11 bits per heavy atom. The molecule has 0 aliphatic carbocycles. The molecule has 1 N–H and O–H groups in total. The second-order valence-electron chi connectivity index (χ2n) is 6.82. The maximum atomic E-state index is 12.4. The summed E-state index contributed by atoms with van der Waals surface area (Å²) >= 11 is 12.1. The summed E-state index contributed by atoms with van der Waals surface area (Å²) in [6, 6.07) is 15.3. The molecule has 3 rings (SSSR count). The van der Waals surface area contributed by atoms with Gasteiger partial charge in [0.15, 0.2) is 0 Å². The highest BCUT2D eigenvalue weighted by Gasteiger charge is 2.25. The maximum absolute atomic E-state index is 12.4. The first-order chi connectivity index (χ1) is 13.0. The molecule has 0 spiro atoms. The number of rotatable bonds is 5. The lowest BCUT2D eigenvalue weighted by atomic mass is 9.96. The lowest BCUT2D eigenvalue weighted by molar-refractivity contribution is -0.126. The number of hydrogen-bond acceptors (Lipinski definition) is 3. The third-order valence-electron chi connectivity index (χ3n) is 4.91. The Balaban J connectivity index is 1.49. The number of hydrazone groups is 1. The molecular weight excluding hydrogens is 381 g/mol. The van der Waals surface area contributed by atoms with E-state index in [1.165, 1.54) is 0 Å². The van der Waals surface area contributed by atoms with Crippen LogP contribution in [-0.4, -0.2) is 29.6 Å². The Bertz CT molecular complexity index is 812. The van der Waals surface area contributed by atoms with Crippen molar-refractivity contribution in [1.29, 1.82) is 0 Å². The van der Waals surface area contributed by atoms with E-state index in [4.69, 9.17) is 23.2 Å². The second-order valence-corrected chi connectivity index (χ2v) is 7.67. The maximum Gasteiger partial charge on any atom is 0.243 e. The van der Waals surface area contributed by atoms with Crippen LogP contribution in [0.5, 0.6) is 0 Å². The van der Waals surface area contributed by atoms with Crippen LogP contribution in [-0.2, 0) is 11.3 Å². The number of carbonyl (C=O) groups is 1. The highest BCUT2D eigenvalue weighted by atomic mass is 35.5. The molecule has 6 heteroatoms. The molecule has 0 unspecified atom stereocenters. The van der Waals surface area contributed by atoms with E-state index < -0.39 is 0 Å².